The summed E-state index contributed by atoms with van der Waals surface area (Å²) in [4.78, 5) is 26.0. The van der Waals surface area contributed by atoms with Gasteiger partial charge in [-0.25, -0.2) is 9.97 Å². The number of aromatic nitrogens is 3. The number of aliphatic hydroxyl groups is 1. The number of nitrogens with one attached hydrogen (secondary N) is 1. The molecule has 0 radical (unpaired) electrons. The van der Waals surface area contributed by atoms with Crippen LogP contribution in [0.3, 0.4) is 0 Å². The highest BCUT2D eigenvalue weighted by Crippen LogP contribution is 2.47. The molecule has 0 bridgehead atoms. The van der Waals surface area contributed by atoms with Crippen LogP contribution in [0.4, 0.5) is 11.5 Å². The monoisotopic (exact) mass is 460 g/mol. The number of benzene rings is 1. The highest BCUT2D eigenvalue weighted by Gasteiger charge is 2.52. The van der Waals surface area contributed by atoms with E-state index in [0.717, 1.165) is 24.0 Å². The van der Waals surface area contributed by atoms with E-state index in [1.807, 2.05) is 30.3 Å². The van der Waals surface area contributed by atoms with Crippen molar-refractivity contribution in [2.24, 2.45) is 11.7 Å². The number of hydrogen-bond acceptors (Lipinski definition) is 8. The van der Waals surface area contributed by atoms with Crippen molar-refractivity contribution >= 4 is 17.4 Å². The smallest absolute Gasteiger partial charge is 0.278 e. The first-order valence-corrected chi connectivity index (χ1v) is 11.4. The van der Waals surface area contributed by atoms with Crippen molar-refractivity contribution in [1.82, 2.24) is 15.0 Å². The minimum Gasteiger partial charge on any atom is -0.386 e. The Morgan fingerprint density at radius 3 is 2.71 bits per heavy atom. The average Bonchev–Trinajstić information content (AvgIpc) is 3.67. The Morgan fingerprint density at radius 1 is 1.21 bits per heavy atom. The molecule has 3 aromatic rings. The first kappa shape index (κ1) is 22.4. The van der Waals surface area contributed by atoms with Gasteiger partial charge < -0.3 is 26.6 Å². The van der Waals surface area contributed by atoms with E-state index in [0.29, 0.717) is 23.7 Å². The van der Waals surface area contributed by atoms with Crippen LogP contribution in [-0.4, -0.2) is 43.7 Å². The van der Waals surface area contributed by atoms with E-state index in [1.54, 1.807) is 25.4 Å². The van der Waals surface area contributed by atoms with Crippen molar-refractivity contribution in [3.05, 3.63) is 66.2 Å². The van der Waals surface area contributed by atoms with Crippen LogP contribution in [0.5, 0.6) is 0 Å². The van der Waals surface area contributed by atoms with Gasteiger partial charge in [-0.3, -0.25) is 9.78 Å². The first-order chi connectivity index (χ1) is 16.3. The van der Waals surface area contributed by atoms with Crippen LogP contribution in [0.25, 0.3) is 11.3 Å². The maximum Gasteiger partial charge on any atom is 0.278 e. The number of rotatable bonds is 5. The number of nitrogens with zero attached hydrogens (tertiary/aromatic N) is 3. The first-order valence-electron chi connectivity index (χ1n) is 11.4. The maximum atomic E-state index is 13.2. The summed E-state index contributed by atoms with van der Waals surface area (Å²) >= 11 is 0. The fourth-order valence-electron chi connectivity index (χ4n) is 4.52. The highest BCUT2D eigenvalue weighted by molar-refractivity contribution is 6.06. The Hall–Kier alpha value is -3.40. The van der Waals surface area contributed by atoms with Gasteiger partial charge in [-0.2, -0.15) is 0 Å². The summed E-state index contributed by atoms with van der Waals surface area (Å²) < 4.78 is 6.35. The predicted molar refractivity (Wildman–Crippen MR) is 128 cm³/mol. The molecule has 2 fully saturated rings. The van der Waals surface area contributed by atoms with Crippen LogP contribution >= 0.6 is 0 Å². The summed E-state index contributed by atoms with van der Waals surface area (Å²) in [6, 6.07) is 10.8. The van der Waals surface area contributed by atoms with E-state index in [9.17, 15) is 9.90 Å². The van der Waals surface area contributed by atoms with E-state index >= 15 is 0 Å². The van der Waals surface area contributed by atoms with E-state index in [1.165, 1.54) is 6.20 Å². The van der Waals surface area contributed by atoms with Crippen LogP contribution < -0.4 is 16.8 Å². The molecule has 1 aliphatic heterocycles. The second kappa shape index (κ2) is 8.75. The predicted octanol–water partition coefficient (Wildman–Crippen LogP) is 2.69. The van der Waals surface area contributed by atoms with Gasteiger partial charge in [-0.05, 0) is 38.2 Å². The molecule has 34 heavy (non-hydrogen) atoms. The molecule has 0 unspecified atom stereocenters. The number of hydrogen-bond donors (Lipinski definition) is 4. The zero-order valence-corrected chi connectivity index (χ0v) is 18.9. The molecular formula is C25H28N6O3. The lowest BCUT2D eigenvalue weighted by Crippen LogP contribution is -2.60. The van der Waals surface area contributed by atoms with E-state index in [2.05, 4.69) is 20.3 Å². The Bertz CT molecular complexity index is 1200. The number of nitrogens with two attached hydrogens (primary N) is 2. The Balaban J connectivity index is 1.41. The van der Waals surface area contributed by atoms with Gasteiger partial charge in [0.2, 0.25) is 0 Å². The molecule has 0 spiro atoms. The quantitative estimate of drug-likeness (QED) is 0.454. The molecule has 9 heteroatoms. The maximum absolute atomic E-state index is 13.2. The molecule has 1 amide bonds. The zero-order valence-electron chi connectivity index (χ0n) is 18.9. The molecule has 1 saturated heterocycles. The fraction of sp³-hybridized carbons (Fsp3) is 0.360. The molecule has 1 aromatic carbocycles. The third-order valence-corrected chi connectivity index (χ3v) is 6.69. The SMILES string of the molecule is C[C@@]1(O)[C@@H](N)C[C@@H](c2ccncc2NC(=O)c2nc(-c3ccccc3)cnc2N)O[C@H]1C1CC1. The molecule has 2 aromatic heterocycles. The van der Waals surface area contributed by atoms with Crippen molar-refractivity contribution in [1.29, 1.82) is 0 Å². The number of pyridine rings is 1. The molecule has 2 aliphatic rings. The average molecular weight is 461 g/mol. The summed E-state index contributed by atoms with van der Waals surface area (Å²) in [7, 11) is 0. The molecular weight excluding hydrogens is 432 g/mol. The summed E-state index contributed by atoms with van der Waals surface area (Å²) in [6.07, 6.45) is 6.42. The number of anilines is 2. The second-order valence-electron chi connectivity index (χ2n) is 9.22. The zero-order chi connectivity index (χ0) is 23.9. The molecule has 176 valence electrons. The fourth-order valence-corrected chi connectivity index (χ4v) is 4.52. The van der Waals surface area contributed by atoms with Gasteiger partial charge in [-0.15, -0.1) is 0 Å². The van der Waals surface area contributed by atoms with Crippen molar-refractivity contribution in [3.63, 3.8) is 0 Å². The summed E-state index contributed by atoms with van der Waals surface area (Å²) in [5.41, 5.74) is 13.9. The van der Waals surface area contributed by atoms with E-state index < -0.39 is 23.7 Å². The van der Waals surface area contributed by atoms with Gasteiger partial charge in [-0.1, -0.05) is 30.3 Å². The number of amides is 1. The molecule has 4 atom stereocenters. The Kier molecular flexibility index (Phi) is 5.76. The molecule has 6 N–H and O–H groups in total. The topological polar surface area (TPSA) is 149 Å². The summed E-state index contributed by atoms with van der Waals surface area (Å²) in [5, 5.41) is 13.8. The molecule has 5 rings (SSSR count). The van der Waals surface area contributed by atoms with Crippen molar-refractivity contribution < 1.29 is 14.6 Å². The van der Waals surface area contributed by atoms with Crippen LogP contribution in [0, 0.1) is 5.92 Å². The number of ether oxygens (including phenoxy) is 1. The minimum absolute atomic E-state index is 0.0243. The van der Waals surface area contributed by atoms with Gasteiger partial charge in [0.05, 0.1) is 36.0 Å². The molecule has 9 nitrogen and oxygen atoms in total. The van der Waals surface area contributed by atoms with Crippen LogP contribution in [0.15, 0.2) is 55.0 Å². The van der Waals surface area contributed by atoms with Crippen LogP contribution in [-0.2, 0) is 4.74 Å². The summed E-state index contributed by atoms with van der Waals surface area (Å²) in [5.74, 6) is -0.175. The van der Waals surface area contributed by atoms with Gasteiger partial charge in [0.15, 0.2) is 11.5 Å². The van der Waals surface area contributed by atoms with Gasteiger partial charge in [0, 0.05) is 23.4 Å². The Labute approximate surface area is 197 Å². The number of carbonyl (C=O) groups is 1. The standard InChI is InChI=1S/C25H28N6O3/c1-25(33)20(26)11-19(34-22(25)15-7-8-15)16-9-10-28-12-18(16)31-24(32)21-23(27)29-13-17(30-21)14-5-3-2-4-6-14/h2-6,9-10,12-13,15,19-20,22,33H,7-8,11,26H2,1H3,(H2,27,29)(H,31,32)/t19-,20-,22-,25+/m0/s1. The van der Waals surface area contributed by atoms with E-state index in [-0.39, 0.29) is 17.6 Å². The van der Waals surface area contributed by atoms with Crippen LogP contribution in [0.2, 0.25) is 0 Å². The second-order valence-corrected chi connectivity index (χ2v) is 9.22. The molecule has 1 saturated carbocycles. The lowest BCUT2D eigenvalue weighted by molar-refractivity contribution is -0.186. The third kappa shape index (κ3) is 4.25. The van der Waals surface area contributed by atoms with Crippen molar-refractivity contribution in [3.8, 4) is 11.3 Å². The molecule has 1 aliphatic carbocycles. The van der Waals surface area contributed by atoms with Crippen molar-refractivity contribution in [2.45, 2.75) is 50.0 Å². The van der Waals surface area contributed by atoms with Crippen LogP contribution in [0.1, 0.15) is 48.3 Å². The van der Waals surface area contributed by atoms with E-state index in [4.69, 9.17) is 16.2 Å². The Morgan fingerprint density at radius 2 is 1.97 bits per heavy atom. The van der Waals surface area contributed by atoms with Gasteiger partial charge in [0.25, 0.3) is 5.91 Å². The number of nitrogen functional groups attached to an aromatic ring is 1. The van der Waals surface area contributed by atoms with Gasteiger partial charge >= 0.3 is 0 Å². The third-order valence-electron chi connectivity index (χ3n) is 6.69. The lowest BCUT2D eigenvalue weighted by atomic mass is 9.80. The largest absolute Gasteiger partial charge is 0.386 e. The highest BCUT2D eigenvalue weighted by atomic mass is 16.5. The minimum atomic E-state index is -1.10. The molecule has 3 heterocycles. The normalized spacial score (nSPS) is 26.7. The van der Waals surface area contributed by atoms with Crippen molar-refractivity contribution in [2.75, 3.05) is 11.1 Å². The lowest BCUT2D eigenvalue weighted by Gasteiger charge is -2.45. The summed E-state index contributed by atoms with van der Waals surface area (Å²) in [6.45, 7) is 1.74. The number of carbonyl (C=O) groups excluding carboxylic acids is 1. The van der Waals surface area contributed by atoms with Gasteiger partial charge in [0.1, 0.15) is 5.60 Å².